The molecule has 8 heteroatoms. The van der Waals surface area contributed by atoms with Crippen LogP contribution in [0.25, 0.3) is 11.4 Å². The highest BCUT2D eigenvalue weighted by atomic mass is 35.5. The van der Waals surface area contributed by atoms with Crippen LogP contribution >= 0.6 is 23.2 Å². The lowest BCUT2D eigenvalue weighted by molar-refractivity contribution is -0.137. The summed E-state index contributed by atoms with van der Waals surface area (Å²) in [5.41, 5.74) is -1.12. The Kier molecular flexibility index (Phi) is 4.39. The third-order valence-corrected chi connectivity index (χ3v) is 3.41. The zero-order chi connectivity index (χ0) is 15.8. The average molecular weight is 339 g/mol. The highest BCUT2D eigenvalue weighted by Crippen LogP contribution is 2.37. The van der Waals surface area contributed by atoms with Crippen LogP contribution in [-0.4, -0.2) is 9.97 Å². The quantitative estimate of drug-likeness (QED) is 0.557. The fourth-order valence-corrected chi connectivity index (χ4v) is 2.44. The Balaban J connectivity index is 2.68. The predicted molar refractivity (Wildman–Crippen MR) is 71.8 cm³/mol. The van der Waals surface area contributed by atoms with E-state index in [2.05, 4.69) is 9.97 Å². The highest BCUT2D eigenvalue weighted by Gasteiger charge is 2.35. The van der Waals surface area contributed by atoms with Crippen LogP contribution in [0.1, 0.15) is 18.1 Å². The van der Waals surface area contributed by atoms with Crippen molar-refractivity contribution in [1.82, 2.24) is 9.97 Å². The van der Waals surface area contributed by atoms with Crippen molar-refractivity contribution in [1.29, 1.82) is 0 Å². The molecular weight excluding hydrogens is 331 g/mol. The van der Waals surface area contributed by atoms with Crippen molar-refractivity contribution in [3.05, 3.63) is 45.4 Å². The summed E-state index contributed by atoms with van der Waals surface area (Å²) in [5.74, 6) is -1.30. The first kappa shape index (κ1) is 16.0. The highest BCUT2D eigenvalue weighted by molar-refractivity contribution is 6.34. The van der Waals surface area contributed by atoms with Crippen molar-refractivity contribution in [3.63, 3.8) is 0 Å². The molecule has 0 spiro atoms. The van der Waals surface area contributed by atoms with Gasteiger partial charge in [-0.1, -0.05) is 30.1 Å². The predicted octanol–water partition coefficient (Wildman–Crippen LogP) is 5.17. The maximum absolute atomic E-state index is 13.1. The molecule has 21 heavy (non-hydrogen) atoms. The summed E-state index contributed by atoms with van der Waals surface area (Å²) in [6.45, 7) is 1.76. The summed E-state index contributed by atoms with van der Waals surface area (Å²) in [4.78, 5) is 7.65. The second kappa shape index (κ2) is 5.77. The molecule has 1 heterocycles. The van der Waals surface area contributed by atoms with Gasteiger partial charge in [0.25, 0.3) is 0 Å². The summed E-state index contributed by atoms with van der Waals surface area (Å²) >= 11 is 11.8. The van der Waals surface area contributed by atoms with Crippen molar-refractivity contribution in [3.8, 4) is 11.4 Å². The standard InChI is InChI=1S/C13H8Cl2F4N2/c1-2-7-10(14)20-12(21-11(7)15)8-4-3-6(16)5-9(8)13(17,18)19/h3-5H,2H2,1H3. The van der Waals surface area contributed by atoms with E-state index in [1.165, 1.54) is 0 Å². The summed E-state index contributed by atoms with van der Waals surface area (Å²) in [6.07, 6.45) is -4.31. The molecule has 0 bridgehead atoms. The van der Waals surface area contributed by atoms with Crippen molar-refractivity contribution in [2.75, 3.05) is 0 Å². The first-order valence-corrected chi connectivity index (χ1v) is 6.58. The summed E-state index contributed by atoms with van der Waals surface area (Å²) in [6, 6.07) is 2.23. The minimum atomic E-state index is -4.75. The van der Waals surface area contributed by atoms with Gasteiger partial charge in [0.05, 0.1) is 5.56 Å². The average Bonchev–Trinajstić information content (AvgIpc) is 2.37. The van der Waals surface area contributed by atoms with E-state index < -0.39 is 17.6 Å². The second-order valence-electron chi connectivity index (χ2n) is 4.15. The molecule has 2 nitrogen and oxygen atoms in total. The molecule has 0 fully saturated rings. The Hall–Kier alpha value is -1.40. The smallest absolute Gasteiger partial charge is 0.216 e. The van der Waals surface area contributed by atoms with Gasteiger partial charge in [0.1, 0.15) is 16.1 Å². The third-order valence-electron chi connectivity index (χ3n) is 2.79. The SMILES string of the molecule is CCc1c(Cl)nc(-c2ccc(F)cc2C(F)(F)F)nc1Cl. The van der Waals surface area contributed by atoms with Gasteiger partial charge in [-0.25, -0.2) is 14.4 Å². The van der Waals surface area contributed by atoms with Gasteiger partial charge in [0.15, 0.2) is 5.82 Å². The van der Waals surface area contributed by atoms with Crippen molar-refractivity contribution in [2.45, 2.75) is 19.5 Å². The van der Waals surface area contributed by atoms with E-state index in [0.29, 0.717) is 18.1 Å². The van der Waals surface area contributed by atoms with Crippen LogP contribution in [0.5, 0.6) is 0 Å². The Morgan fingerprint density at radius 1 is 1.10 bits per heavy atom. The van der Waals surface area contributed by atoms with Gasteiger partial charge in [-0.05, 0) is 24.6 Å². The Labute approximate surface area is 127 Å². The van der Waals surface area contributed by atoms with E-state index >= 15 is 0 Å². The minimum absolute atomic E-state index is 0.0232. The molecule has 0 aliphatic rings. The number of rotatable bonds is 2. The minimum Gasteiger partial charge on any atom is -0.216 e. The largest absolute Gasteiger partial charge is 0.417 e. The molecule has 0 saturated heterocycles. The maximum Gasteiger partial charge on any atom is 0.417 e. The van der Waals surface area contributed by atoms with Gasteiger partial charge in [-0.3, -0.25) is 0 Å². The van der Waals surface area contributed by atoms with Crippen LogP contribution in [0.2, 0.25) is 10.3 Å². The number of halogens is 6. The molecule has 0 amide bonds. The van der Waals surface area contributed by atoms with E-state index in [1.807, 2.05) is 0 Å². The normalized spacial score (nSPS) is 11.8. The molecule has 0 radical (unpaired) electrons. The first-order valence-electron chi connectivity index (χ1n) is 5.83. The number of benzene rings is 1. The molecule has 0 aliphatic carbocycles. The Morgan fingerprint density at radius 3 is 2.14 bits per heavy atom. The van der Waals surface area contributed by atoms with Gasteiger partial charge < -0.3 is 0 Å². The molecular formula is C13H8Cl2F4N2. The summed E-state index contributed by atoms with van der Waals surface area (Å²) in [5, 5.41) is -0.0464. The summed E-state index contributed by atoms with van der Waals surface area (Å²) < 4.78 is 52.0. The van der Waals surface area contributed by atoms with E-state index in [0.717, 1.165) is 12.1 Å². The number of hydrogen-bond donors (Lipinski definition) is 0. The van der Waals surface area contributed by atoms with Crippen molar-refractivity contribution in [2.24, 2.45) is 0 Å². The van der Waals surface area contributed by atoms with E-state index in [4.69, 9.17) is 23.2 Å². The Morgan fingerprint density at radius 2 is 1.67 bits per heavy atom. The number of nitrogens with zero attached hydrogens (tertiary/aromatic N) is 2. The van der Waals surface area contributed by atoms with Gasteiger partial charge in [0, 0.05) is 11.1 Å². The monoisotopic (exact) mass is 338 g/mol. The van der Waals surface area contributed by atoms with Crippen LogP contribution in [0, 0.1) is 5.82 Å². The molecule has 1 aromatic heterocycles. The molecule has 1 aromatic carbocycles. The zero-order valence-corrected chi connectivity index (χ0v) is 12.1. The molecule has 112 valence electrons. The number of alkyl halides is 3. The van der Waals surface area contributed by atoms with Crippen LogP contribution in [0.15, 0.2) is 18.2 Å². The molecule has 0 unspecified atom stereocenters. The molecule has 0 saturated carbocycles. The molecule has 2 rings (SSSR count). The van der Waals surface area contributed by atoms with E-state index in [9.17, 15) is 17.6 Å². The van der Waals surface area contributed by atoms with Crippen LogP contribution in [0.3, 0.4) is 0 Å². The fraction of sp³-hybridized carbons (Fsp3) is 0.231. The van der Waals surface area contributed by atoms with E-state index in [1.54, 1.807) is 6.92 Å². The molecule has 2 aromatic rings. The first-order chi connectivity index (χ1) is 9.74. The van der Waals surface area contributed by atoms with Crippen molar-refractivity contribution >= 4 is 23.2 Å². The van der Waals surface area contributed by atoms with E-state index in [-0.39, 0.29) is 21.7 Å². The second-order valence-corrected chi connectivity index (χ2v) is 4.86. The zero-order valence-electron chi connectivity index (χ0n) is 10.6. The number of aromatic nitrogens is 2. The maximum atomic E-state index is 13.1. The fourth-order valence-electron chi connectivity index (χ4n) is 1.79. The van der Waals surface area contributed by atoms with Crippen LogP contribution in [-0.2, 0) is 12.6 Å². The van der Waals surface area contributed by atoms with Gasteiger partial charge in [-0.15, -0.1) is 0 Å². The lowest BCUT2D eigenvalue weighted by Crippen LogP contribution is -2.09. The molecule has 0 aliphatic heterocycles. The van der Waals surface area contributed by atoms with Crippen LogP contribution < -0.4 is 0 Å². The van der Waals surface area contributed by atoms with Crippen molar-refractivity contribution < 1.29 is 17.6 Å². The lowest BCUT2D eigenvalue weighted by Gasteiger charge is -2.13. The topological polar surface area (TPSA) is 25.8 Å². The third kappa shape index (κ3) is 3.27. The molecule has 0 N–H and O–H groups in total. The van der Waals surface area contributed by atoms with Gasteiger partial charge in [0.2, 0.25) is 0 Å². The molecule has 0 atom stereocenters. The van der Waals surface area contributed by atoms with Crippen LogP contribution in [0.4, 0.5) is 17.6 Å². The van der Waals surface area contributed by atoms with Gasteiger partial charge in [-0.2, -0.15) is 13.2 Å². The number of hydrogen-bond acceptors (Lipinski definition) is 2. The Bertz CT molecular complexity index is 663. The summed E-state index contributed by atoms with van der Waals surface area (Å²) in [7, 11) is 0. The lowest BCUT2D eigenvalue weighted by atomic mass is 10.1. The van der Waals surface area contributed by atoms with Gasteiger partial charge >= 0.3 is 6.18 Å².